The van der Waals surface area contributed by atoms with E-state index >= 15 is 0 Å². The summed E-state index contributed by atoms with van der Waals surface area (Å²) in [5.74, 6) is 1.62. The standard InChI is InChI=1S/C50H33N3/c1-3-13-32(14-4-1)33-23-25-35(26-24-33)48-51-47(34-15-5-2-6-16-34)52-49(53-48)38-27-28-41-39-19-9-11-21-43(39)50(45(41)31-38)44-22-12-10-20-40(44)42-29-36-17-7-8-18-37(36)30-46(42)50/h1-31,47H,(H,51,52,53). The fourth-order valence-electron chi connectivity index (χ4n) is 8.94. The van der Waals surface area contributed by atoms with Gasteiger partial charge in [-0.25, -0.2) is 9.98 Å². The molecule has 3 heteroatoms. The van der Waals surface area contributed by atoms with Crippen LogP contribution >= 0.6 is 0 Å². The van der Waals surface area contributed by atoms with E-state index in [2.05, 4.69) is 187 Å². The lowest BCUT2D eigenvalue weighted by Crippen LogP contribution is -2.36. The molecule has 1 spiro atoms. The molecule has 0 saturated carbocycles. The molecule has 1 heterocycles. The van der Waals surface area contributed by atoms with Crippen LogP contribution in [0.15, 0.2) is 198 Å². The Labute approximate surface area is 308 Å². The summed E-state index contributed by atoms with van der Waals surface area (Å²) in [5.41, 5.74) is 15.5. The van der Waals surface area contributed by atoms with Crippen molar-refractivity contribution in [3.63, 3.8) is 0 Å². The van der Waals surface area contributed by atoms with Gasteiger partial charge in [0.2, 0.25) is 0 Å². The van der Waals surface area contributed by atoms with Gasteiger partial charge in [-0.05, 0) is 90.2 Å². The number of benzene rings is 8. The largest absolute Gasteiger partial charge is 0.324 e. The number of fused-ring (bicyclic) bond motifs is 11. The fraction of sp³-hybridized carbons (Fsp3) is 0.0400. The van der Waals surface area contributed by atoms with Crippen molar-refractivity contribution in [2.24, 2.45) is 9.98 Å². The molecular weight excluding hydrogens is 643 g/mol. The average molecular weight is 676 g/mol. The molecular formula is C50H33N3. The lowest BCUT2D eigenvalue weighted by atomic mass is 9.70. The molecule has 8 aromatic carbocycles. The average Bonchev–Trinajstić information content (AvgIpc) is 3.70. The minimum atomic E-state index is -0.462. The normalized spacial score (nSPS) is 17.7. The summed E-state index contributed by atoms with van der Waals surface area (Å²) in [6, 6.07) is 68.0. The summed E-state index contributed by atoms with van der Waals surface area (Å²) >= 11 is 0. The molecule has 8 aromatic rings. The van der Waals surface area contributed by atoms with Gasteiger partial charge in [-0.15, -0.1) is 0 Å². The molecule has 248 valence electrons. The predicted octanol–water partition coefficient (Wildman–Crippen LogP) is 11.3. The van der Waals surface area contributed by atoms with Crippen LogP contribution in [-0.4, -0.2) is 11.7 Å². The van der Waals surface area contributed by atoms with Crippen LogP contribution in [0.5, 0.6) is 0 Å². The van der Waals surface area contributed by atoms with Gasteiger partial charge in [-0.2, -0.15) is 0 Å². The van der Waals surface area contributed by atoms with E-state index in [-0.39, 0.29) is 6.17 Å². The molecule has 3 nitrogen and oxygen atoms in total. The second-order valence-electron chi connectivity index (χ2n) is 14.2. The molecule has 2 unspecified atom stereocenters. The first kappa shape index (κ1) is 29.8. The first-order valence-electron chi connectivity index (χ1n) is 18.3. The topological polar surface area (TPSA) is 36.8 Å². The Bertz CT molecular complexity index is 2800. The highest BCUT2D eigenvalue weighted by atomic mass is 15.2. The number of hydrogen-bond acceptors (Lipinski definition) is 3. The molecule has 0 fully saturated rings. The summed E-state index contributed by atoms with van der Waals surface area (Å²) < 4.78 is 0. The second-order valence-corrected chi connectivity index (χ2v) is 14.2. The first-order chi connectivity index (χ1) is 26.3. The fourth-order valence-corrected chi connectivity index (χ4v) is 8.94. The van der Waals surface area contributed by atoms with Gasteiger partial charge in [0.1, 0.15) is 11.7 Å². The number of amidine groups is 2. The van der Waals surface area contributed by atoms with Gasteiger partial charge in [0.25, 0.3) is 0 Å². The van der Waals surface area contributed by atoms with E-state index in [0.29, 0.717) is 0 Å². The quantitative estimate of drug-likeness (QED) is 0.198. The number of hydrogen-bond donors (Lipinski definition) is 1. The van der Waals surface area contributed by atoms with Crippen LogP contribution in [-0.2, 0) is 5.41 Å². The third kappa shape index (κ3) is 4.47. The van der Waals surface area contributed by atoms with Crippen molar-refractivity contribution in [2.75, 3.05) is 0 Å². The van der Waals surface area contributed by atoms with Crippen LogP contribution in [0.2, 0.25) is 0 Å². The van der Waals surface area contributed by atoms with Gasteiger partial charge in [-0.3, -0.25) is 0 Å². The maximum atomic E-state index is 5.30. The van der Waals surface area contributed by atoms with E-state index in [1.165, 1.54) is 66.4 Å². The third-order valence-corrected chi connectivity index (χ3v) is 11.3. The Hall–Kier alpha value is -6.84. The summed E-state index contributed by atoms with van der Waals surface area (Å²) in [7, 11) is 0. The highest BCUT2D eigenvalue weighted by Gasteiger charge is 2.51. The monoisotopic (exact) mass is 675 g/mol. The highest BCUT2D eigenvalue weighted by Crippen LogP contribution is 2.63. The van der Waals surface area contributed by atoms with Gasteiger partial charge < -0.3 is 5.32 Å². The van der Waals surface area contributed by atoms with Gasteiger partial charge in [-0.1, -0.05) is 170 Å². The zero-order chi connectivity index (χ0) is 34.9. The molecule has 0 radical (unpaired) electrons. The summed E-state index contributed by atoms with van der Waals surface area (Å²) in [6.07, 6.45) is -0.380. The lowest BCUT2D eigenvalue weighted by Gasteiger charge is -2.31. The maximum absolute atomic E-state index is 5.30. The molecule has 2 atom stereocenters. The molecule has 0 bridgehead atoms. The maximum Gasteiger partial charge on any atom is 0.169 e. The van der Waals surface area contributed by atoms with E-state index in [0.717, 1.165) is 28.4 Å². The Balaban J connectivity index is 1.09. The smallest absolute Gasteiger partial charge is 0.169 e. The Morgan fingerprint density at radius 2 is 0.849 bits per heavy atom. The first-order valence-corrected chi connectivity index (χ1v) is 18.3. The zero-order valence-electron chi connectivity index (χ0n) is 28.9. The second kappa shape index (κ2) is 11.6. The molecule has 3 aliphatic rings. The van der Waals surface area contributed by atoms with Crippen molar-refractivity contribution in [1.29, 1.82) is 0 Å². The van der Waals surface area contributed by atoms with Gasteiger partial charge >= 0.3 is 0 Å². The van der Waals surface area contributed by atoms with Crippen LogP contribution in [0.3, 0.4) is 0 Å². The van der Waals surface area contributed by atoms with E-state index in [1.807, 2.05) is 6.07 Å². The van der Waals surface area contributed by atoms with E-state index in [1.54, 1.807) is 0 Å². The SMILES string of the molecule is c1ccc(-c2ccc(C3=NC(c4ccccc4)N=C(c4ccc5c(c4)C4(c6ccccc6-5)c5ccccc5-c5cc6ccccc6cc54)N3)cc2)cc1. The molecule has 1 aliphatic heterocycles. The van der Waals surface area contributed by atoms with Crippen molar-refractivity contribution in [3.8, 4) is 33.4 Å². The Morgan fingerprint density at radius 1 is 0.358 bits per heavy atom. The van der Waals surface area contributed by atoms with E-state index in [4.69, 9.17) is 9.98 Å². The van der Waals surface area contributed by atoms with E-state index < -0.39 is 5.41 Å². The third-order valence-electron chi connectivity index (χ3n) is 11.3. The zero-order valence-corrected chi connectivity index (χ0v) is 28.9. The molecule has 2 aliphatic carbocycles. The highest BCUT2D eigenvalue weighted by molar-refractivity contribution is 6.16. The number of nitrogens with zero attached hydrogens (tertiary/aromatic N) is 2. The molecule has 0 aromatic heterocycles. The van der Waals surface area contributed by atoms with Crippen LogP contribution in [0.25, 0.3) is 44.2 Å². The number of aliphatic imine (C=N–C) groups is 2. The van der Waals surface area contributed by atoms with Crippen LogP contribution < -0.4 is 5.32 Å². The molecule has 11 rings (SSSR count). The number of nitrogens with one attached hydrogen (secondary N) is 1. The summed E-state index contributed by atoms with van der Waals surface area (Å²) in [5, 5.41) is 6.21. The lowest BCUT2D eigenvalue weighted by molar-refractivity contribution is 0.755. The van der Waals surface area contributed by atoms with Crippen molar-refractivity contribution >= 4 is 22.4 Å². The van der Waals surface area contributed by atoms with Gasteiger partial charge in [0, 0.05) is 11.1 Å². The molecule has 53 heavy (non-hydrogen) atoms. The molecule has 0 saturated heterocycles. The van der Waals surface area contributed by atoms with Gasteiger partial charge in [0.05, 0.1) is 5.41 Å². The Morgan fingerprint density at radius 3 is 1.57 bits per heavy atom. The predicted molar refractivity (Wildman–Crippen MR) is 218 cm³/mol. The van der Waals surface area contributed by atoms with Gasteiger partial charge in [0.15, 0.2) is 6.17 Å². The van der Waals surface area contributed by atoms with Crippen molar-refractivity contribution in [2.45, 2.75) is 11.6 Å². The van der Waals surface area contributed by atoms with Crippen molar-refractivity contribution in [1.82, 2.24) is 5.32 Å². The molecule has 0 amide bonds. The molecule has 1 N–H and O–H groups in total. The summed E-state index contributed by atoms with van der Waals surface area (Å²) in [4.78, 5) is 10.5. The number of rotatable bonds is 4. The van der Waals surface area contributed by atoms with Crippen molar-refractivity contribution < 1.29 is 0 Å². The van der Waals surface area contributed by atoms with Crippen LogP contribution in [0.4, 0.5) is 0 Å². The van der Waals surface area contributed by atoms with E-state index in [9.17, 15) is 0 Å². The van der Waals surface area contributed by atoms with Crippen LogP contribution in [0.1, 0.15) is 45.1 Å². The minimum absolute atomic E-state index is 0.380. The Kier molecular flexibility index (Phi) is 6.53. The minimum Gasteiger partial charge on any atom is -0.324 e. The van der Waals surface area contributed by atoms with Crippen LogP contribution in [0, 0.1) is 0 Å². The van der Waals surface area contributed by atoms with Crippen molar-refractivity contribution in [3.05, 3.63) is 227 Å². The summed E-state index contributed by atoms with van der Waals surface area (Å²) in [6.45, 7) is 0.